The van der Waals surface area contributed by atoms with Gasteiger partial charge in [0.1, 0.15) is 11.5 Å². The van der Waals surface area contributed by atoms with Crippen LogP contribution in [-0.4, -0.2) is 56.1 Å². The summed E-state index contributed by atoms with van der Waals surface area (Å²) in [7, 11) is 0. The van der Waals surface area contributed by atoms with Crippen LogP contribution in [0.4, 0.5) is 5.13 Å². The molecule has 1 saturated carbocycles. The number of thiazole rings is 1. The van der Waals surface area contributed by atoms with E-state index in [1.807, 2.05) is 47.5 Å². The highest BCUT2D eigenvalue weighted by molar-refractivity contribution is 7.22. The average molecular weight is 872 g/mol. The van der Waals surface area contributed by atoms with Crippen molar-refractivity contribution in [2.24, 2.45) is 16.9 Å². The van der Waals surface area contributed by atoms with E-state index in [0.717, 1.165) is 111 Å². The highest BCUT2D eigenvalue weighted by Crippen LogP contribution is 2.33. The molecular weight excluding hydrogens is 807 g/mol. The van der Waals surface area contributed by atoms with Crippen LogP contribution >= 0.6 is 11.3 Å². The number of esters is 2. The molecule has 0 atom stereocenters. The van der Waals surface area contributed by atoms with Crippen LogP contribution in [0.15, 0.2) is 84.5 Å². The lowest BCUT2D eigenvalue weighted by Crippen LogP contribution is -2.27. The van der Waals surface area contributed by atoms with Gasteiger partial charge in [0.15, 0.2) is 11.5 Å². The first-order valence-electron chi connectivity index (χ1n) is 22.6. The van der Waals surface area contributed by atoms with Gasteiger partial charge in [0.25, 0.3) is 0 Å². The third kappa shape index (κ3) is 17.1. The van der Waals surface area contributed by atoms with E-state index in [9.17, 15) is 9.59 Å². The molecule has 3 aromatic carbocycles. The minimum Gasteiger partial charge on any atom is -0.494 e. The third-order valence-corrected chi connectivity index (χ3v) is 11.7. The zero-order chi connectivity index (χ0) is 43.6. The first kappa shape index (κ1) is 48.1. The summed E-state index contributed by atoms with van der Waals surface area (Å²) in [5.41, 5.74) is 1.55. The number of carbonyl (C=O) groups excluding carboxylic acids is 2. The van der Waals surface area contributed by atoms with Gasteiger partial charge in [-0.1, -0.05) is 82.4 Å². The second kappa shape index (κ2) is 27.9. The molecule has 4 aromatic rings. The summed E-state index contributed by atoms with van der Waals surface area (Å²) < 4.78 is 18.1. The molecule has 0 bridgehead atoms. The summed E-state index contributed by atoms with van der Waals surface area (Å²) in [4.78, 5) is 52.0. The molecular formula is C49H65N3O9S. The second-order valence-electron chi connectivity index (χ2n) is 15.7. The Kier molecular flexibility index (Phi) is 21.6. The van der Waals surface area contributed by atoms with Gasteiger partial charge in [0, 0.05) is 18.2 Å². The molecule has 336 valence electrons. The molecule has 5 rings (SSSR count). The van der Waals surface area contributed by atoms with Crippen molar-refractivity contribution in [2.75, 3.05) is 38.0 Å². The van der Waals surface area contributed by atoms with Gasteiger partial charge in [-0.05, 0) is 125 Å². The average Bonchev–Trinajstić information content (AvgIpc) is 3.74. The molecule has 0 radical (unpaired) electrons. The van der Waals surface area contributed by atoms with Crippen LogP contribution in [0.2, 0.25) is 0 Å². The Hall–Kier alpha value is -4.98. The number of anilines is 1. The lowest BCUT2D eigenvalue weighted by atomic mass is 9.82. The number of hydrogen-bond donors (Lipinski definition) is 0. The molecule has 1 aromatic heterocycles. The maximum Gasteiger partial charge on any atom is 0.330 e. The molecule has 1 aliphatic rings. The highest BCUT2D eigenvalue weighted by Gasteiger charge is 2.29. The van der Waals surface area contributed by atoms with Crippen LogP contribution in [0.1, 0.15) is 122 Å². The molecule has 1 heterocycles. The number of benzene rings is 3. The number of para-hydroxylation sites is 1. The van der Waals surface area contributed by atoms with Gasteiger partial charge in [0.05, 0.1) is 48.8 Å². The number of fused-ring (bicyclic) bond motifs is 1. The number of hydrogen-bond acceptors (Lipinski definition) is 13. The maximum atomic E-state index is 13.6. The van der Waals surface area contributed by atoms with Crippen molar-refractivity contribution in [3.05, 3.63) is 84.9 Å². The van der Waals surface area contributed by atoms with Crippen molar-refractivity contribution in [2.45, 2.75) is 117 Å². The summed E-state index contributed by atoms with van der Waals surface area (Å²) in [6.07, 6.45) is 18.3. The van der Waals surface area contributed by atoms with E-state index in [1.165, 1.54) is 6.08 Å². The number of ether oxygens (including phenoxy) is 3. The molecule has 1 fully saturated rings. The van der Waals surface area contributed by atoms with Crippen molar-refractivity contribution in [3.8, 4) is 23.0 Å². The molecule has 0 spiro atoms. The van der Waals surface area contributed by atoms with E-state index >= 15 is 0 Å². The number of unbranched alkanes of at least 4 members (excludes halogenated alkanes) is 9. The molecule has 0 unspecified atom stereocenters. The van der Waals surface area contributed by atoms with Crippen LogP contribution in [-0.2, 0) is 24.1 Å². The molecule has 0 N–H and O–H groups in total. The van der Waals surface area contributed by atoms with Crippen molar-refractivity contribution in [1.29, 1.82) is 0 Å². The number of hydrazone groups is 1. The van der Waals surface area contributed by atoms with Crippen molar-refractivity contribution in [3.63, 3.8) is 0 Å². The summed E-state index contributed by atoms with van der Waals surface area (Å²) in [5, 5.41) is 7.69. The van der Waals surface area contributed by atoms with Crippen molar-refractivity contribution >= 4 is 44.8 Å². The van der Waals surface area contributed by atoms with Gasteiger partial charge in [-0.15, -0.1) is 0 Å². The number of carbonyl (C=O) groups is 2. The van der Waals surface area contributed by atoms with Crippen molar-refractivity contribution in [1.82, 2.24) is 4.98 Å². The van der Waals surface area contributed by atoms with Gasteiger partial charge in [-0.3, -0.25) is 4.79 Å². The Morgan fingerprint density at radius 3 is 2.21 bits per heavy atom. The Morgan fingerprint density at radius 2 is 1.45 bits per heavy atom. The Bertz CT molecular complexity index is 1910. The van der Waals surface area contributed by atoms with Crippen LogP contribution in [0, 0.1) is 11.8 Å². The van der Waals surface area contributed by atoms with E-state index in [0.29, 0.717) is 68.6 Å². The summed E-state index contributed by atoms with van der Waals surface area (Å²) in [5.74, 6) is 1.68. The SMILES string of the molecule is C=CC(=O)OCCCCCCOc1ccc(OOCC2CCC(C(=O)Oc3ccc(OOCCCCCC)cc3/C=N/N(CCCCCC)c3nc4ccccc4s3)CC2)cc1. The van der Waals surface area contributed by atoms with E-state index in [-0.39, 0.29) is 23.8 Å². The summed E-state index contributed by atoms with van der Waals surface area (Å²) in [6.45, 7) is 10.4. The molecule has 12 nitrogen and oxygen atoms in total. The van der Waals surface area contributed by atoms with Gasteiger partial charge >= 0.3 is 11.9 Å². The molecule has 0 saturated heterocycles. The molecule has 0 aliphatic heterocycles. The fourth-order valence-electron chi connectivity index (χ4n) is 6.99. The quantitative estimate of drug-likeness (QED) is 0.00945. The smallest absolute Gasteiger partial charge is 0.330 e. The van der Waals surface area contributed by atoms with Crippen LogP contribution in [0.3, 0.4) is 0 Å². The van der Waals surface area contributed by atoms with Gasteiger partial charge in [-0.25, -0.2) is 14.8 Å². The third-order valence-electron chi connectivity index (χ3n) is 10.7. The topological polar surface area (TPSA) is 127 Å². The van der Waals surface area contributed by atoms with Gasteiger partial charge < -0.3 is 24.0 Å². The van der Waals surface area contributed by atoms with Gasteiger partial charge in [0.2, 0.25) is 5.13 Å². The lowest BCUT2D eigenvalue weighted by Gasteiger charge is -2.26. The Labute approximate surface area is 371 Å². The van der Waals surface area contributed by atoms with E-state index in [1.54, 1.807) is 35.8 Å². The number of aromatic nitrogens is 1. The normalized spacial score (nSPS) is 15.1. The molecule has 1 aliphatic carbocycles. The van der Waals surface area contributed by atoms with E-state index in [4.69, 9.17) is 43.8 Å². The molecule has 62 heavy (non-hydrogen) atoms. The highest BCUT2D eigenvalue weighted by atomic mass is 32.1. The standard InChI is InChI=1S/C49H65N3O9S/c1-4-7-9-15-31-52(49-51-44-19-13-14-20-46(44)62-49)50-36-40-35-43(61-57-34-18-10-8-5-2)29-30-45(40)59-48(54)39-23-21-38(22-24-39)37-58-60-42-27-25-41(26-28-42)55-32-16-11-12-17-33-56-47(53)6-3/h6,13-14,19-20,25-30,35-36,38-39H,3-5,7-12,15-18,21-24,31-34,37H2,1-2H3/b50-36+. The monoisotopic (exact) mass is 871 g/mol. The first-order valence-corrected chi connectivity index (χ1v) is 23.4. The van der Waals surface area contributed by atoms with Gasteiger partial charge in [-0.2, -0.15) is 14.9 Å². The predicted molar refractivity (Wildman–Crippen MR) is 245 cm³/mol. The predicted octanol–water partition coefficient (Wildman–Crippen LogP) is 12.0. The number of rotatable bonds is 30. The Morgan fingerprint density at radius 1 is 0.774 bits per heavy atom. The zero-order valence-electron chi connectivity index (χ0n) is 36.6. The molecule has 0 amide bonds. The zero-order valence-corrected chi connectivity index (χ0v) is 37.5. The largest absolute Gasteiger partial charge is 0.494 e. The molecule has 13 heteroatoms. The van der Waals surface area contributed by atoms with E-state index in [2.05, 4.69) is 26.5 Å². The summed E-state index contributed by atoms with van der Waals surface area (Å²) in [6, 6.07) is 20.8. The van der Waals surface area contributed by atoms with Crippen LogP contribution in [0.5, 0.6) is 23.0 Å². The Balaban J connectivity index is 1.10. The van der Waals surface area contributed by atoms with Crippen LogP contribution < -0.4 is 24.3 Å². The first-order chi connectivity index (χ1) is 30.4. The van der Waals surface area contributed by atoms with Crippen molar-refractivity contribution < 1.29 is 43.3 Å². The lowest BCUT2D eigenvalue weighted by molar-refractivity contribution is -0.218. The fraction of sp³-hybridized carbons (Fsp3) is 0.510. The maximum absolute atomic E-state index is 13.6. The van der Waals surface area contributed by atoms with Crippen LogP contribution in [0.25, 0.3) is 10.2 Å². The minimum absolute atomic E-state index is 0.230. The fourth-order valence-corrected chi connectivity index (χ4v) is 7.94. The summed E-state index contributed by atoms with van der Waals surface area (Å²) >= 11 is 1.61. The number of nitrogens with zero attached hydrogens (tertiary/aromatic N) is 3. The van der Waals surface area contributed by atoms with E-state index < -0.39 is 0 Å². The minimum atomic E-state index is -0.382. The second-order valence-corrected chi connectivity index (χ2v) is 16.7.